The molecule has 0 saturated carbocycles. The van der Waals surface area contributed by atoms with Crippen LogP contribution in [0.4, 0.5) is 0 Å². The molecular weight excluding hydrogens is 368 g/mol. The minimum atomic E-state index is 0.784. The molecule has 0 fully saturated rings. The molecule has 0 aliphatic heterocycles. The van der Waals surface area contributed by atoms with E-state index in [1.807, 2.05) is 73.3 Å². The lowest BCUT2D eigenvalue weighted by Crippen LogP contribution is -2.08. The van der Waals surface area contributed by atoms with E-state index in [1.54, 1.807) is 0 Å². The van der Waals surface area contributed by atoms with Gasteiger partial charge in [0.2, 0.25) is 0 Å². The van der Waals surface area contributed by atoms with Crippen molar-refractivity contribution in [2.75, 3.05) is 0 Å². The Morgan fingerprint density at radius 3 is 0.867 bits per heavy atom. The van der Waals surface area contributed by atoms with Crippen molar-refractivity contribution in [3.05, 3.63) is 132 Å². The predicted octanol–water partition coefficient (Wildman–Crippen LogP) is 4.83. The SMILES string of the molecule is c1ccc(CC(Cc2ccccn2)=C(Cc2ccccn2)Cc2ccccn2)nc1. The van der Waals surface area contributed by atoms with Crippen LogP contribution >= 0.6 is 0 Å². The summed E-state index contributed by atoms with van der Waals surface area (Å²) in [7, 11) is 0. The number of aromatic nitrogens is 4. The predicted molar refractivity (Wildman–Crippen MR) is 119 cm³/mol. The summed E-state index contributed by atoms with van der Waals surface area (Å²) in [4.78, 5) is 18.3. The highest BCUT2D eigenvalue weighted by Crippen LogP contribution is 2.22. The highest BCUT2D eigenvalue weighted by Gasteiger charge is 2.13. The Labute approximate surface area is 177 Å². The van der Waals surface area contributed by atoms with Crippen LogP contribution in [0, 0.1) is 0 Å². The van der Waals surface area contributed by atoms with E-state index in [1.165, 1.54) is 11.1 Å². The topological polar surface area (TPSA) is 51.6 Å². The first-order valence-corrected chi connectivity index (χ1v) is 10.2. The molecule has 4 aromatic rings. The Morgan fingerprint density at radius 1 is 0.400 bits per heavy atom. The molecule has 0 bridgehead atoms. The zero-order valence-corrected chi connectivity index (χ0v) is 16.9. The van der Waals surface area contributed by atoms with Crippen molar-refractivity contribution in [1.29, 1.82) is 0 Å². The lowest BCUT2D eigenvalue weighted by atomic mass is 9.91. The molecule has 0 amide bonds. The van der Waals surface area contributed by atoms with Crippen molar-refractivity contribution in [2.45, 2.75) is 25.7 Å². The third-order valence-corrected chi connectivity index (χ3v) is 4.98. The molecule has 0 atom stereocenters. The average Bonchev–Trinajstić information content (AvgIpc) is 2.81. The van der Waals surface area contributed by atoms with Crippen molar-refractivity contribution in [3.63, 3.8) is 0 Å². The first kappa shape index (κ1) is 19.6. The maximum atomic E-state index is 4.57. The van der Waals surface area contributed by atoms with Crippen molar-refractivity contribution >= 4 is 0 Å². The second-order valence-corrected chi connectivity index (χ2v) is 7.20. The van der Waals surface area contributed by atoms with Gasteiger partial charge in [-0.25, -0.2) is 0 Å². The molecule has 4 heterocycles. The summed E-state index contributed by atoms with van der Waals surface area (Å²) in [5.41, 5.74) is 6.88. The van der Waals surface area contributed by atoms with Crippen LogP contribution in [-0.4, -0.2) is 19.9 Å². The summed E-state index contributed by atoms with van der Waals surface area (Å²) in [5, 5.41) is 0. The number of hydrogen-bond donors (Lipinski definition) is 0. The molecule has 148 valence electrons. The minimum Gasteiger partial charge on any atom is -0.261 e. The van der Waals surface area contributed by atoms with Crippen molar-refractivity contribution in [3.8, 4) is 0 Å². The van der Waals surface area contributed by atoms with Gasteiger partial charge >= 0.3 is 0 Å². The molecule has 0 unspecified atom stereocenters. The van der Waals surface area contributed by atoms with E-state index in [0.29, 0.717) is 0 Å². The maximum Gasteiger partial charge on any atom is 0.0444 e. The number of rotatable bonds is 8. The van der Waals surface area contributed by atoms with Crippen LogP contribution in [0.5, 0.6) is 0 Å². The monoisotopic (exact) mass is 392 g/mol. The molecule has 30 heavy (non-hydrogen) atoms. The number of nitrogens with zero attached hydrogens (tertiary/aromatic N) is 4. The van der Waals surface area contributed by atoms with E-state index in [2.05, 4.69) is 44.2 Å². The first-order valence-electron chi connectivity index (χ1n) is 10.2. The number of allylic oxidation sites excluding steroid dienone is 2. The van der Waals surface area contributed by atoms with E-state index >= 15 is 0 Å². The normalized spacial score (nSPS) is 10.5. The first-order chi connectivity index (χ1) is 14.9. The average molecular weight is 393 g/mol. The summed E-state index contributed by atoms with van der Waals surface area (Å²) in [6, 6.07) is 24.3. The summed E-state index contributed by atoms with van der Waals surface area (Å²) in [5.74, 6) is 0. The standard InChI is InChI=1S/C26H24N4/c1-5-13-27-23(9-1)17-21(18-24-10-2-6-14-28-24)22(19-25-11-3-7-15-29-25)20-26-12-4-8-16-30-26/h1-16H,17-20H2. The molecule has 4 nitrogen and oxygen atoms in total. The number of hydrogen-bond acceptors (Lipinski definition) is 4. The van der Waals surface area contributed by atoms with Crippen molar-refractivity contribution in [2.24, 2.45) is 0 Å². The Hall–Kier alpha value is -3.66. The second-order valence-electron chi connectivity index (χ2n) is 7.20. The fourth-order valence-corrected chi connectivity index (χ4v) is 3.51. The van der Waals surface area contributed by atoms with Gasteiger partial charge in [-0.15, -0.1) is 0 Å². The van der Waals surface area contributed by atoms with Crippen LogP contribution < -0.4 is 0 Å². The molecule has 4 rings (SSSR count). The van der Waals surface area contributed by atoms with Gasteiger partial charge in [0.1, 0.15) is 0 Å². The molecular formula is C26H24N4. The molecule has 0 saturated heterocycles. The number of pyridine rings is 4. The van der Waals surface area contributed by atoms with Crippen molar-refractivity contribution in [1.82, 2.24) is 19.9 Å². The Kier molecular flexibility index (Phi) is 6.69. The summed E-state index contributed by atoms with van der Waals surface area (Å²) < 4.78 is 0. The largest absolute Gasteiger partial charge is 0.261 e. The van der Waals surface area contributed by atoms with Gasteiger partial charge in [0, 0.05) is 73.2 Å². The quantitative estimate of drug-likeness (QED) is 0.403. The van der Waals surface area contributed by atoms with Gasteiger partial charge in [-0.05, 0) is 48.5 Å². The second kappa shape index (κ2) is 10.2. The van der Waals surface area contributed by atoms with Gasteiger partial charge in [-0.2, -0.15) is 0 Å². The van der Waals surface area contributed by atoms with Gasteiger partial charge in [-0.1, -0.05) is 35.4 Å². The van der Waals surface area contributed by atoms with Gasteiger partial charge in [-0.3, -0.25) is 19.9 Å². The highest BCUT2D eigenvalue weighted by atomic mass is 14.7. The van der Waals surface area contributed by atoms with Crippen LogP contribution in [0.15, 0.2) is 109 Å². The van der Waals surface area contributed by atoms with Crippen LogP contribution in [0.25, 0.3) is 0 Å². The minimum absolute atomic E-state index is 0.784. The molecule has 4 aromatic heterocycles. The molecule has 0 N–H and O–H groups in total. The van der Waals surface area contributed by atoms with Crippen molar-refractivity contribution < 1.29 is 0 Å². The van der Waals surface area contributed by atoms with E-state index in [0.717, 1.165) is 48.5 Å². The lowest BCUT2D eigenvalue weighted by Gasteiger charge is -2.16. The van der Waals surface area contributed by atoms with E-state index in [-0.39, 0.29) is 0 Å². The smallest absolute Gasteiger partial charge is 0.0444 e. The molecule has 0 radical (unpaired) electrons. The zero-order chi connectivity index (χ0) is 20.4. The van der Waals surface area contributed by atoms with Gasteiger partial charge in [0.25, 0.3) is 0 Å². The highest BCUT2D eigenvalue weighted by molar-refractivity contribution is 5.31. The van der Waals surface area contributed by atoms with Crippen LogP contribution in [0.3, 0.4) is 0 Å². The van der Waals surface area contributed by atoms with Crippen LogP contribution in [0.2, 0.25) is 0 Å². The lowest BCUT2D eigenvalue weighted by molar-refractivity contribution is 0.863. The van der Waals surface area contributed by atoms with Crippen LogP contribution in [0.1, 0.15) is 22.8 Å². The van der Waals surface area contributed by atoms with Gasteiger partial charge in [0.05, 0.1) is 0 Å². The van der Waals surface area contributed by atoms with E-state index < -0.39 is 0 Å². The Bertz CT molecular complexity index is 887. The van der Waals surface area contributed by atoms with Gasteiger partial charge in [0.15, 0.2) is 0 Å². The maximum absolute atomic E-state index is 4.57. The van der Waals surface area contributed by atoms with E-state index in [9.17, 15) is 0 Å². The summed E-state index contributed by atoms with van der Waals surface area (Å²) in [6.07, 6.45) is 10.5. The Morgan fingerprint density at radius 2 is 0.667 bits per heavy atom. The van der Waals surface area contributed by atoms with Crippen LogP contribution in [-0.2, 0) is 25.7 Å². The summed E-state index contributed by atoms with van der Waals surface area (Å²) >= 11 is 0. The fraction of sp³-hybridized carbons (Fsp3) is 0.154. The third-order valence-electron chi connectivity index (χ3n) is 4.98. The fourth-order valence-electron chi connectivity index (χ4n) is 3.51. The van der Waals surface area contributed by atoms with Gasteiger partial charge < -0.3 is 0 Å². The third kappa shape index (κ3) is 5.67. The zero-order valence-electron chi connectivity index (χ0n) is 16.9. The molecule has 0 spiro atoms. The molecule has 0 aliphatic carbocycles. The molecule has 4 heteroatoms. The summed E-state index contributed by atoms with van der Waals surface area (Å²) in [6.45, 7) is 0. The molecule has 0 aliphatic rings. The molecule has 0 aromatic carbocycles. The van der Waals surface area contributed by atoms with E-state index in [4.69, 9.17) is 0 Å². The Balaban J connectivity index is 1.74.